The number of aliphatic hydroxyl groups excluding tert-OH is 1. The molecular formula is C48H82N6O11. The molecule has 0 spiro atoms. The molecule has 370 valence electrons. The number of carbonyl (C=O) groups excluding carboxylic acids is 6. The van der Waals surface area contributed by atoms with Crippen LogP contribution in [0.15, 0.2) is 30.3 Å². The van der Waals surface area contributed by atoms with Crippen molar-refractivity contribution < 1.29 is 52.8 Å². The number of ether oxygens (including phenoxy) is 4. The number of esters is 1. The molecule has 1 heterocycles. The van der Waals surface area contributed by atoms with E-state index in [1.807, 2.05) is 32.0 Å². The maximum absolute atomic E-state index is 14.2. The van der Waals surface area contributed by atoms with Crippen molar-refractivity contribution in [3.8, 4) is 0 Å². The van der Waals surface area contributed by atoms with Gasteiger partial charge in [0.15, 0.2) is 0 Å². The smallest absolute Gasteiger partial charge is 0.413 e. The number of likely N-dealkylation sites (tertiary alicyclic amines) is 1. The number of rotatable bonds is 25. The standard InChI is InChI=1S/C48H82N6O11/c1-16-30(10)39(35(62-14)25-36(55)54-24-20-23-34(54)42(63-15)31(11)43(57)50-32(12)41(56)33-21-18-17-19-22-33)52-44(58)38(27(4)5)51-45(59)40(28(6)7)53(13)48(61)65-47(29(8)9)64-46(60)37(49)26(2)3/h17-19,21-22,26-32,34-35,37-42,47,56H,16,20,23-25,49H2,1-15H3,(H,50,57)(H,51,59)(H,52,58)/t30-,31+,32+,34-,35+,37-,38-,39-,40-,41+,42+,47?/m0/s1. The van der Waals surface area contributed by atoms with Crippen molar-refractivity contribution in [1.29, 1.82) is 0 Å². The van der Waals surface area contributed by atoms with E-state index in [-0.39, 0.29) is 36.0 Å². The first-order chi connectivity index (χ1) is 30.4. The van der Waals surface area contributed by atoms with E-state index >= 15 is 0 Å². The summed E-state index contributed by atoms with van der Waals surface area (Å²) in [5.74, 6) is -4.57. The highest BCUT2D eigenvalue weighted by Crippen LogP contribution is 2.29. The van der Waals surface area contributed by atoms with E-state index < -0.39 is 102 Å². The van der Waals surface area contributed by atoms with Gasteiger partial charge in [0.2, 0.25) is 23.6 Å². The van der Waals surface area contributed by atoms with Gasteiger partial charge in [-0.3, -0.25) is 28.9 Å². The average molecular weight is 919 g/mol. The van der Waals surface area contributed by atoms with Gasteiger partial charge in [0, 0.05) is 33.7 Å². The third-order valence-electron chi connectivity index (χ3n) is 12.6. The zero-order valence-electron chi connectivity index (χ0n) is 41.7. The average Bonchev–Trinajstić information content (AvgIpc) is 3.75. The Kier molecular flexibility index (Phi) is 23.4. The van der Waals surface area contributed by atoms with Gasteiger partial charge in [-0.2, -0.15) is 0 Å². The molecule has 0 aliphatic carbocycles. The fraction of sp³-hybridized carbons (Fsp3) is 0.750. The summed E-state index contributed by atoms with van der Waals surface area (Å²) in [6.07, 6.45) is -2.58. The van der Waals surface area contributed by atoms with Crippen LogP contribution in [0.4, 0.5) is 4.79 Å². The summed E-state index contributed by atoms with van der Waals surface area (Å²) < 4.78 is 22.9. The highest BCUT2D eigenvalue weighted by atomic mass is 16.7. The lowest BCUT2D eigenvalue weighted by molar-refractivity contribution is -0.179. The van der Waals surface area contributed by atoms with E-state index in [0.717, 1.165) is 4.90 Å². The molecule has 1 aliphatic heterocycles. The molecule has 17 nitrogen and oxygen atoms in total. The van der Waals surface area contributed by atoms with Gasteiger partial charge < -0.3 is 50.6 Å². The van der Waals surface area contributed by atoms with E-state index in [1.54, 1.807) is 86.3 Å². The number of carbonyl (C=O) groups is 6. The molecule has 0 bridgehead atoms. The minimum Gasteiger partial charge on any atom is -0.424 e. The fourth-order valence-electron chi connectivity index (χ4n) is 8.17. The van der Waals surface area contributed by atoms with Crippen molar-refractivity contribution in [2.45, 2.75) is 170 Å². The first kappa shape index (κ1) is 56.8. The molecule has 0 aromatic heterocycles. The maximum atomic E-state index is 14.2. The quantitative estimate of drug-likeness (QED) is 0.0673. The van der Waals surface area contributed by atoms with E-state index in [2.05, 4.69) is 16.0 Å². The van der Waals surface area contributed by atoms with Crippen molar-refractivity contribution in [3.05, 3.63) is 35.9 Å². The zero-order valence-corrected chi connectivity index (χ0v) is 41.7. The van der Waals surface area contributed by atoms with Crippen LogP contribution in [-0.4, -0.2) is 133 Å². The van der Waals surface area contributed by atoms with E-state index in [4.69, 9.17) is 24.7 Å². The topological polar surface area (TPSA) is 228 Å². The molecule has 12 atom stereocenters. The van der Waals surface area contributed by atoms with Gasteiger partial charge in [-0.05, 0) is 49.0 Å². The molecule has 1 unspecified atom stereocenters. The second kappa shape index (κ2) is 26.7. The van der Waals surface area contributed by atoms with Crippen LogP contribution in [0.25, 0.3) is 0 Å². The van der Waals surface area contributed by atoms with Crippen molar-refractivity contribution in [3.63, 3.8) is 0 Å². The lowest BCUT2D eigenvalue weighted by Crippen LogP contribution is -2.60. The molecule has 2 rings (SSSR count). The second-order valence-corrected chi connectivity index (χ2v) is 19.1. The first-order valence-electron chi connectivity index (χ1n) is 23.3. The van der Waals surface area contributed by atoms with Crippen LogP contribution in [-0.2, 0) is 42.9 Å². The first-order valence-corrected chi connectivity index (χ1v) is 23.3. The Hall–Kier alpha value is -4.32. The van der Waals surface area contributed by atoms with Crippen molar-refractivity contribution >= 4 is 35.7 Å². The number of nitrogens with zero attached hydrogens (tertiary/aromatic N) is 2. The SMILES string of the molecule is CC[C@H](C)[C@H](NC(=O)[C@@H](NC(=O)[C@H](C(C)C)N(C)C(=O)OC(OC(=O)[C@@H](N)C(C)C)C(C)C)C(C)C)[C@@H](CC(=O)N1CCC[C@H]1[C@H](OC)[C@@H](C)C(=O)N[C@H](C)[C@@H](O)c1ccccc1)OC. The Bertz CT molecular complexity index is 1680. The fourth-order valence-corrected chi connectivity index (χ4v) is 8.17. The van der Waals surface area contributed by atoms with E-state index in [0.29, 0.717) is 31.4 Å². The lowest BCUT2D eigenvalue weighted by atomic mass is 9.90. The molecule has 1 aromatic rings. The second-order valence-electron chi connectivity index (χ2n) is 19.1. The van der Waals surface area contributed by atoms with Gasteiger partial charge in [-0.15, -0.1) is 0 Å². The summed E-state index contributed by atoms with van der Waals surface area (Å²) in [4.78, 5) is 85.0. The summed E-state index contributed by atoms with van der Waals surface area (Å²) in [5, 5.41) is 19.8. The predicted molar refractivity (Wildman–Crippen MR) is 248 cm³/mol. The van der Waals surface area contributed by atoms with Crippen LogP contribution in [0.3, 0.4) is 0 Å². The van der Waals surface area contributed by atoms with Gasteiger partial charge in [0.25, 0.3) is 6.29 Å². The normalized spacial score (nSPS) is 19.3. The van der Waals surface area contributed by atoms with Gasteiger partial charge in [-0.25, -0.2) is 4.79 Å². The van der Waals surface area contributed by atoms with Crippen LogP contribution in [0, 0.1) is 35.5 Å². The highest BCUT2D eigenvalue weighted by molar-refractivity contribution is 5.92. The minimum absolute atomic E-state index is 0.0727. The van der Waals surface area contributed by atoms with Crippen molar-refractivity contribution in [1.82, 2.24) is 25.8 Å². The molecule has 0 radical (unpaired) electrons. The number of hydrogen-bond acceptors (Lipinski definition) is 12. The van der Waals surface area contributed by atoms with E-state index in [1.165, 1.54) is 21.3 Å². The number of likely N-dealkylation sites (N-methyl/N-ethyl adjacent to an activating group) is 1. The minimum atomic E-state index is -1.26. The molecule has 1 saturated heterocycles. The van der Waals surface area contributed by atoms with Gasteiger partial charge >= 0.3 is 12.1 Å². The maximum Gasteiger partial charge on any atom is 0.413 e. The molecule has 0 saturated carbocycles. The molecule has 6 N–H and O–H groups in total. The summed E-state index contributed by atoms with van der Waals surface area (Å²) >= 11 is 0. The van der Waals surface area contributed by atoms with Crippen LogP contribution in [0.2, 0.25) is 0 Å². The van der Waals surface area contributed by atoms with Crippen LogP contribution in [0.1, 0.15) is 120 Å². The number of amides is 5. The molecular weight excluding hydrogens is 837 g/mol. The Balaban J connectivity index is 2.24. The number of nitrogens with one attached hydrogen (secondary N) is 3. The molecule has 1 fully saturated rings. The number of hydrogen-bond donors (Lipinski definition) is 5. The molecule has 1 aliphatic rings. The summed E-state index contributed by atoms with van der Waals surface area (Å²) in [5.41, 5.74) is 6.64. The van der Waals surface area contributed by atoms with Crippen molar-refractivity contribution in [2.75, 3.05) is 27.8 Å². The largest absolute Gasteiger partial charge is 0.424 e. The molecule has 5 amide bonds. The molecule has 17 heteroatoms. The summed E-state index contributed by atoms with van der Waals surface area (Å²) in [6.45, 7) is 21.9. The Labute approximate surface area is 387 Å². The third kappa shape index (κ3) is 15.9. The van der Waals surface area contributed by atoms with Crippen molar-refractivity contribution in [2.24, 2.45) is 41.2 Å². The highest BCUT2D eigenvalue weighted by Gasteiger charge is 2.43. The van der Waals surface area contributed by atoms with Crippen LogP contribution >= 0.6 is 0 Å². The van der Waals surface area contributed by atoms with Crippen LogP contribution < -0.4 is 21.7 Å². The third-order valence-corrected chi connectivity index (χ3v) is 12.6. The van der Waals surface area contributed by atoms with Gasteiger partial charge in [-0.1, -0.05) is 113 Å². The summed E-state index contributed by atoms with van der Waals surface area (Å²) in [6, 6.07) is 4.44. The number of methoxy groups -OCH3 is 2. The number of nitrogens with two attached hydrogens (primary N) is 1. The number of benzene rings is 1. The predicted octanol–water partition coefficient (Wildman–Crippen LogP) is 4.55. The Morgan fingerprint density at radius 1 is 0.800 bits per heavy atom. The number of aliphatic hydroxyl groups is 1. The Morgan fingerprint density at radius 3 is 1.92 bits per heavy atom. The Morgan fingerprint density at radius 2 is 1.42 bits per heavy atom. The molecule has 1 aromatic carbocycles. The van der Waals surface area contributed by atoms with Crippen LogP contribution in [0.5, 0.6) is 0 Å². The summed E-state index contributed by atoms with van der Waals surface area (Å²) in [7, 11) is 4.42. The van der Waals surface area contributed by atoms with Gasteiger partial charge in [0.1, 0.15) is 18.1 Å². The molecule has 65 heavy (non-hydrogen) atoms. The lowest BCUT2D eigenvalue weighted by Gasteiger charge is -2.37. The van der Waals surface area contributed by atoms with Gasteiger partial charge in [0.05, 0.1) is 48.8 Å². The monoisotopic (exact) mass is 919 g/mol. The zero-order chi connectivity index (χ0) is 49.5. The van der Waals surface area contributed by atoms with E-state index in [9.17, 15) is 33.9 Å².